The van der Waals surface area contributed by atoms with Gasteiger partial charge in [0.15, 0.2) is 0 Å². The van der Waals surface area contributed by atoms with Crippen molar-refractivity contribution in [2.24, 2.45) is 0 Å². The van der Waals surface area contributed by atoms with E-state index in [-0.39, 0.29) is 18.4 Å². The Hall–Kier alpha value is -2.08. The highest BCUT2D eigenvalue weighted by Gasteiger charge is 2.24. The summed E-state index contributed by atoms with van der Waals surface area (Å²) in [5.41, 5.74) is 7.34. The van der Waals surface area contributed by atoms with E-state index < -0.39 is 0 Å². The van der Waals surface area contributed by atoms with Gasteiger partial charge in [0, 0.05) is 39.0 Å². The number of nitrogen functional groups attached to an aromatic ring is 1. The van der Waals surface area contributed by atoms with Crippen LogP contribution in [0.25, 0.3) is 0 Å². The number of carbonyl (C=O) groups is 2. The summed E-state index contributed by atoms with van der Waals surface area (Å²) < 4.78 is 4.84. The van der Waals surface area contributed by atoms with Crippen LogP contribution in [0.2, 0.25) is 0 Å². The van der Waals surface area contributed by atoms with E-state index in [1.807, 2.05) is 18.2 Å². The molecule has 1 aliphatic rings. The maximum absolute atomic E-state index is 12.3. The molecule has 6 nitrogen and oxygen atoms in total. The number of amides is 2. The zero-order valence-electron chi connectivity index (χ0n) is 12.2. The summed E-state index contributed by atoms with van der Waals surface area (Å²) in [4.78, 5) is 27.5. The Morgan fingerprint density at radius 1 is 1.10 bits per heavy atom. The van der Waals surface area contributed by atoms with E-state index in [1.165, 1.54) is 7.11 Å². The summed E-state index contributed by atoms with van der Waals surface area (Å²) >= 11 is 0. The van der Waals surface area contributed by atoms with Crippen molar-refractivity contribution in [2.45, 2.75) is 6.42 Å². The first-order valence-corrected chi connectivity index (χ1v) is 6.99. The lowest BCUT2D eigenvalue weighted by Crippen LogP contribution is -2.51. The molecule has 1 saturated heterocycles. The number of rotatable bonds is 4. The van der Waals surface area contributed by atoms with Gasteiger partial charge in [0.25, 0.3) is 0 Å². The van der Waals surface area contributed by atoms with Crippen LogP contribution in [-0.4, -0.2) is 61.5 Å². The van der Waals surface area contributed by atoms with Gasteiger partial charge in [0.05, 0.1) is 6.42 Å². The predicted octanol–water partition coefficient (Wildman–Crippen LogP) is 0.129. The van der Waals surface area contributed by atoms with Gasteiger partial charge in [-0.1, -0.05) is 18.2 Å². The number of hydrogen-bond acceptors (Lipinski definition) is 4. The van der Waals surface area contributed by atoms with E-state index in [4.69, 9.17) is 10.5 Å². The van der Waals surface area contributed by atoms with Crippen LogP contribution < -0.4 is 5.73 Å². The molecule has 1 heterocycles. The molecule has 2 rings (SSSR count). The third kappa shape index (κ3) is 3.95. The van der Waals surface area contributed by atoms with Crippen molar-refractivity contribution in [1.29, 1.82) is 0 Å². The van der Waals surface area contributed by atoms with Gasteiger partial charge < -0.3 is 20.3 Å². The molecule has 0 aliphatic carbocycles. The molecule has 1 fully saturated rings. The first-order valence-electron chi connectivity index (χ1n) is 6.99. The number of benzene rings is 1. The van der Waals surface area contributed by atoms with Crippen LogP contribution >= 0.6 is 0 Å². The quantitative estimate of drug-likeness (QED) is 0.800. The minimum atomic E-state index is -0.0306. The molecule has 0 bridgehead atoms. The number of nitrogens with two attached hydrogens (primary N) is 1. The number of anilines is 1. The van der Waals surface area contributed by atoms with E-state index in [0.717, 1.165) is 5.56 Å². The van der Waals surface area contributed by atoms with E-state index >= 15 is 0 Å². The molecular weight excluding hydrogens is 270 g/mol. The Morgan fingerprint density at radius 2 is 1.67 bits per heavy atom. The molecule has 0 atom stereocenters. The van der Waals surface area contributed by atoms with Gasteiger partial charge in [-0.2, -0.15) is 0 Å². The average Bonchev–Trinajstić information content (AvgIpc) is 2.50. The fourth-order valence-corrected chi connectivity index (χ4v) is 2.39. The van der Waals surface area contributed by atoms with Crippen LogP contribution in [0.15, 0.2) is 24.3 Å². The third-order valence-corrected chi connectivity index (χ3v) is 3.65. The van der Waals surface area contributed by atoms with E-state index in [0.29, 0.717) is 38.3 Å². The second kappa shape index (κ2) is 7.08. The first-order chi connectivity index (χ1) is 10.1. The minimum absolute atomic E-state index is 0.0306. The molecule has 0 radical (unpaired) electrons. The number of hydrogen-bond donors (Lipinski definition) is 1. The number of methoxy groups -OCH3 is 1. The van der Waals surface area contributed by atoms with Crippen LogP contribution in [0.5, 0.6) is 0 Å². The van der Waals surface area contributed by atoms with Gasteiger partial charge in [-0.15, -0.1) is 0 Å². The summed E-state index contributed by atoms with van der Waals surface area (Å²) in [7, 11) is 1.50. The van der Waals surface area contributed by atoms with Crippen molar-refractivity contribution in [2.75, 3.05) is 45.6 Å². The van der Waals surface area contributed by atoms with E-state index in [2.05, 4.69) is 0 Å². The van der Waals surface area contributed by atoms with Gasteiger partial charge in [-0.25, -0.2) is 0 Å². The summed E-state index contributed by atoms with van der Waals surface area (Å²) in [6, 6.07) is 7.39. The van der Waals surface area contributed by atoms with Crippen LogP contribution in [-0.2, 0) is 20.7 Å². The fraction of sp³-hybridized carbons (Fsp3) is 0.467. The Labute approximate surface area is 124 Å². The second-order valence-corrected chi connectivity index (χ2v) is 5.07. The maximum atomic E-state index is 12.3. The molecule has 1 aromatic carbocycles. The molecule has 6 heteroatoms. The van der Waals surface area contributed by atoms with Crippen LogP contribution in [0.3, 0.4) is 0 Å². The molecule has 0 unspecified atom stereocenters. The standard InChI is InChI=1S/C15H21N3O3/c1-21-11-15(20)18-8-6-17(7-9-18)14(19)10-12-4-2-3-5-13(12)16/h2-5H,6-11,16H2,1H3. The number of ether oxygens (including phenoxy) is 1. The third-order valence-electron chi connectivity index (χ3n) is 3.65. The van der Waals surface area contributed by atoms with Gasteiger partial charge in [0.2, 0.25) is 11.8 Å². The van der Waals surface area contributed by atoms with E-state index in [1.54, 1.807) is 15.9 Å². The van der Waals surface area contributed by atoms with Crippen molar-refractivity contribution in [1.82, 2.24) is 9.80 Å². The average molecular weight is 291 g/mol. The van der Waals surface area contributed by atoms with Gasteiger partial charge in [-0.3, -0.25) is 9.59 Å². The highest BCUT2D eigenvalue weighted by Crippen LogP contribution is 2.13. The monoisotopic (exact) mass is 291 g/mol. The first kappa shape index (κ1) is 15.3. The molecule has 2 N–H and O–H groups in total. The SMILES string of the molecule is COCC(=O)N1CCN(C(=O)Cc2ccccc2N)CC1. The molecule has 0 spiro atoms. The highest BCUT2D eigenvalue weighted by atomic mass is 16.5. The zero-order valence-corrected chi connectivity index (χ0v) is 12.2. The molecule has 0 saturated carbocycles. The molecule has 0 aromatic heterocycles. The van der Waals surface area contributed by atoms with Crippen LogP contribution in [0.1, 0.15) is 5.56 Å². The molecular formula is C15H21N3O3. The lowest BCUT2D eigenvalue weighted by molar-refractivity contribution is -0.141. The largest absolute Gasteiger partial charge is 0.398 e. The van der Waals surface area contributed by atoms with Gasteiger partial charge in [0.1, 0.15) is 6.61 Å². The number of nitrogens with zero attached hydrogens (tertiary/aromatic N) is 2. The molecule has 114 valence electrons. The fourth-order valence-electron chi connectivity index (χ4n) is 2.39. The second-order valence-electron chi connectivity index (χ2n) is 5.07. The molecule has 21 heavy (non-hydrogen) atoms. The lowest BCUT2D eigenvalue weighted by atomic mass is 10.1. The van der Waals surface area contributed by atoms with Gasteiger partial charge in [-0.05, 0) is 11.6 Å². The van der Waals surface area contributed by atoms with Crippen molar-refractivity contribution in [3.8, 4) is 0 Å². The van der Waals surface area contributed by atoms with Crippen molar-refractivity contribution < 1.29 is 14.3 Å². The number of carbonyl (C=O) groups excluding carboxylic acids is 2. The normalized spacial score (nSPS) is 15.1. The summed E-state index contributed by atoms with van der Waals surface area (Å²) in [5, 5.41) is 0. The Balaban J connectivity index is 1.86. The predicted molar refractivity (Wildman–Crippen MR) is 79.6 cm³/mol. The van der Waals surface area contributed by atoms with E-state index in [9.17, 15) is 9.59 Å². The Kier molecular flexibility index (Phi) is 5.16. The minimum Gasteiger partial charge on any atom is -0.398 e. The zero-order chi connectivity index (χ0) is 15.2. The topological polar surface area (TPSA) is 75.9 Å². The van der Waals surface area contributed by atoms with Crippen molar-refractivity contribution >= 4 is 17.5 Å². The molecule has 2 amide bonds. The smallest absolute Gasteiger partial charge is 0.248 e. The summed E-state index contributed by atoms with van der Waals surface area (Å²) in [6.07, 6.45) is 0.304. The van der Waals surface area contributed by atoms with Crippen LogP contribution in [0.4, 0.5) is 5.69 Å². The summed E-state index contributed by atoms with van der Waals surface area (Å²) in [5.74, 6) is 0.0173. The number of piperazine rings is 1. The van der Waals surface area contributed by atoms with Crippen molar-refractivity contribution in [3.63, 3.8) is 0 Å². The maximum Gasteiger partial charge on any atom is 0.248 e. The van der Waals surface area contributed by atoms with Gasteiger partial charge >= 0.3 is 0 Å². The van der Waals surface area contributed by atoms with Crippen LogP contribution in [0, 0.1) is 0 Å². The Morgan fingerprint density at radius 3 is 2.24 bits per heavy atom. The Bertz CT molecular complexity index is 511. The molecule has 1 aliphatic heterocycles. The van der Waals surface area contributed by atoms with Crippen molar-refractivity contribution in [3.05, 3.63) is 29.8 Å². The number of para-hydroxylation sites is 1. The highest BCUT2D eigenvalue weighted by molar-refractivity contribution is 5.81. The lowest BCUT2D eigenvalue weighted by Gasteiger charge is -2.34. The summed E-state index contributed by atoms with van der Waals surface area (Å²) in [6.45, 7) is 2.31. The molecule has 1 aromatic rings.